The van der Waals surface area contributed by atoms with Crippen molar-refractivity contribution >= 4 is 45.0 Å². The van der Waals surface area contributed by atoms with E-state index >= 15 is 0 Å². The Balaban J connectivity index is 1.44. The van der Waals surface area contributed by atoms with Gasteiger partial charge in [0.2, 0.25) is 11.8 Å². The fourth-order valence-corrected chi connectivity index (χ4v) is 6.30. The molecule has 0 saturated carbocycles. The van der Waals surface area contributed by atoms with Crippen molar-refractivity contribution in [3.63, 3.8) is 0 Å². The van der Waals surface area contributed by atoms with E-state index in [1.807, 2.05) is 32.0 Å². The second-order valence-corrected chi connectivity index (χ2v) is 11.2. The first-order chi connectivity index (χ1) is 18.8. The Morgan fingerprint density at radius 2 is 1.51 bits per heavy atom. The number of ketones is 2. The molecule has 6 rings (SSSR count). The molecule has 0 radical (unpaired) electrons. The number of halogens is 1. The lowest BCUT2D eigenvalue weighted by Gasteiger charge is -2.33. The molecule has 0 bridgehead atoms. The van der Waals surface area contributed by atoms with E-state index in [0.29, 0.717) is 22.4 Å². The summed E-state index contributed by atoms with van der Waals surface area (Å²) in [6.45, 7) is 3.82. The van der Waals surface area contributed by atoms with Gasteiger partial charge in [-0.25, -0.2) is 4.90 Å². The first-order valence-electron chi connectivity index (χ1n) is 12.8. The Labute approximate surface area is 234 Å². The lowest BCUT2D eigenvalue weighted by atomic mass is 9.85. The second kappa shape index (κ2) is 9.58. The number of aryl methyl sites for hydroxylation is 2. The number of benzene rings is 3. The van der Waals surface area contributed by atoms with Gasteiger partial charge >= 0.3 is 0 Å². The molecule has 2 fully saturated rings. The highest BCUT2D eigenvalue weighted by atomic mass is 79.9. The number of Topliss-reactive ketones (excluding diaryl/α,β-unsaturated/α-hetero) is 2. The third-order valence-electron chi connectivity index (χ3n) is 7.84. The minimum atomic E-state index is -0.883. The predicted molar refractivity (Wildman–Crippen MR) is 151 cm³/mol. The number of hydrogen-bond donors (Lipinski definition) is 0. The molecule has 3 aromatic rings. The van der Waals surface area contributed by atoms with Crippen LogP contribution in [-0.2, 0) is 9.59 Å². The van der Waals surface area contributed by atoms with E-state index in [9.17, 15) is 19.2 Å². The molecule has 2 amide bonds. The molecule has 6 nitrogen and oxygen atoms in total. The summed E-state index contributed by atoms with van der Waals surface area (Å²) in [6, 6.07) is 20.0. The van der Waals surface area contributed by atoms with Crippen molar-refractivity contribution in [2.24, 2.45) is 11.8 Å². The van der Waals surface area contributed by atoms with Crippen LogP contribution >= 0.6 is 15.9 Å². The number of carbonyl (C=O) groups excluding carboxylic acids is 4. The molecule has 39 heavy (non-hydrogen) atoms. The Morgan fingerprint density at radius 1 is 0.821 bits per heavy atom. The van der Waals surface area contributed by atoms with Crippen molar-refractivity contribution in [3.05, 3.63) is 123 Å². The molecular weight excluding hydrogens is 556 g/mol. The summed E-state index contributed by atoms with van der Waals surface area (Å²) in [7, 11) is 0. The van der Waals surface area contributed by atoms with Gasteiger partial charge in [-0.1, -0.05) is 82.2 Å². The molecule has 0 N–H and O–H groups in total. The average Bonchev–Trinajstić information content (AvgIpc) is 3.40. The average molecular weight is 581 g/mol. The molecule has 194 valence electrons. The zero-order valence-electron chi connectivity index (χ0n) is 21.4. The van der Waals surface area contributed by atoms with Gasteiger partial charge in [0.1, 0.15) is 6.04 Å². The zero-order valence-corrected chi connectivity index (χ0v) is 23.0. The summed E-state index contributed by atoms with van der Waals surface area (Å²) in [5, 5.41) is 0. The first-order valence-corrected chi connectivity index (χ1v) is 13.6. The fourth-order valence-electron chi connectivity index (χ4n) is 6.03. The molecule has 4 atom stereocenters. The van der Waals surface area contributed by atoms with Gasteiger partial charge in [-0.05, 0) is 43.7 Å². The third-order valence-corrected chi connectivity index (χ3v) is 8.37. The van der Waals surface area contributed by atoms with Crippen molar-refractivity contribution < 1.29 is 19.2 Å². The molecule has 3 heterocycles. The standard InChI is InChI=1S/C32H25BrN2O4/c1-18-8-13-24(19(2)16-18)35-31(38)26-25-17-22(29(36)20-6-4-3-5-7-20)14-15-34(25)28(27(26)32(35)39)30(37)21-9-11-23(33)12-10-21/h3-17,25-28H,1-2H3. The monoisotopic (exact) mass is 580 g/mol. The Bertz CT molecular complexity index is 1590. The Morgan fingerprint density at radius 3 is 2.21 bits per heavy atom. The highest BCUT2D eigenvalue weighted by molar-refractivity contribution is 9.10. The van der Waals surface area contributed by atoms with Gasteiger partial charge in [0, 0.05) is 27.4 Å². The van der Waals surface area contributed by atoms with Crippen LogP contribution in [0.2, 0.25) is 0 Å². The van der Waals surface area contributed by atoms with Crippen LogP contribution in [0.5, 0.6) is 0 Å². The number of amides is 2. The molecule has 3 aromatic carbocycles. The van der Waals surface area contributed by atoms with Crippen molar-refractivity contribution in [2.75, 3.05) is 4.90 Å². The summed E-state index contributed by atoms with van der Waals surface area (Å²) < 4.78 is 0.833. The molecule has 2 saturated heterocycles. The molecule has 7 heteroatoms. The van der Waals surface area contributed by atoms with E-state index in [1.54, 1.807) is 77.8 Å². The van der Waals surface area contributed by atoms with Crippen LogP contribution in [0.15, 0.2) is 101 Å². The van der Waals surface area contributed by atoms with E-state index < -0.39 is 23.9 Å². The summed E-state index contributed by atoms with van der Waals surface area (Å²) in [5.41, 5.74) is 3.78. The van der Waals surface area contributed by atoms with Crippen LogP contribution in [0.25, 0.3) is 0 Å². The Hall–Kier alpha value is -4.10. The Kier molecular flexibility index (Phi) is 6.19. The van der Waals surface area contributed by atoms with Crippen LogP contribution in [-0.4, -0.2) is 40.4 Å². The normalized spacial score (nSPS) is 23.5. The van der Waals surface area contributed by atoms with Gasteiger partial charge in [0.25, 0.3) is 0 Å². The van der Waals surface area contributed by atoms with Crippen molar-refractivity contribution in [2.45, 2.75) is 25.9 Å². The number of imide groups is 1. The molecular formula is C32H25BrN2O4. The maximum Gasteiger partial charge on any atom is 0.240 e. The van der Waals surface area contributed by atoms with Crippen LogP contribution in [0, 0.1) is 25.7 Å². The van der Waals surface area contributed by atoms with E-state index in [2.05, 4.69) is 15.9 Å². The topological polar surface area (TPSA) is 74.8 Å². The maximum absolute atomic E-state index is 14.0. The van der Waals surface area contributed by atoms with Gasteiger partial charge < -0.3 is 4.90 Å². The second-order valence-electron chi connectivity index (χ2n) is 10.2. The highest BCUT2D eigenvalue weighted by Crippen LogP contribution is 2.47. The number of allylic oxidation sites excluding steroid dienone is 2. The highest BCUT2D eigenvalue weighted by Gasteiger charge is 2.63. The summed E-state index contributed by atoms with van der Waals surface area (Å²) >= 11 is 3.40. The van der Waals surface area contributed by atoms with Crippen molar-refractivity contribution in [3.8, 4) is 0 Å². The SMILES string of the molecule is Cc1ccc(N2C(=O)C3C(C2=O)C(C(=O)c2ccc(Br)cc2)N2C=CC(C(=O)c4ccccc4)=CC32)c(C)c1. The quantitative estimate of drug-likeness (QED) is 0.296. The summed E-state index contributed by atoms with van der Waals surface area (Å²) in [6.07, 6.45) is 5.12. The van der Waals surface area contributed by atoms with Crippen LogP contribution < -0.4 is 4.90 Å². The summed E-state index contributed by atoms with van der Waals surface area (Å²) in [5.74, 6) is -2.83. The lowest BCUT2D eigenvalue weighted by molar-refractivity contribution is -0.123. The molecule has 0 spiro atoms. The van der Waals surface area contributed by atoms with E-state index in [1.165, 1.54) is 4.90 Å². The van der Waals surface area contributed by atoms with Gasteiger partial charge in [-0.3, -0.25) is 19.2 Å². The smallest absolute Gasteiger partial charge is 0.240 e. The minimum absolute atomic E-state index is 0.172. The number of anilines is 1. The third kappa shape index (κ3) is 4.08. The summed E-state index contributed by atoms with van der Waals surface area (Å²) in [4.78, 5) is 58.3. The molecule has 0 aliphatic carbocycles. The van der Waals surface area contributed by atoms with E-state index in [-0.39, 0.29) is 23.4 Å². The van der Waals surface area contributed by atoms with Gasteiger partial charge in [-0.15, -0.1) is 0 Å². The fraction of sp³-hybridized carbons (Fsp3) is 0.188. The maximum atomic E-state index is 14.0. The molecule has 3 aliphatic heterocycles. The number of fused-ring (bicyclic) bond motifs is 3. The number of hydrogen-bond acceptors (Lipinski definition) is 5. The van der Waals surface area contributed by atoms with Gasteiger partial charge in [-0.2, -0.15) is 0 Å². The van der Waals surface area contributed by atoms with Crippen LogP contribution in [0.3, 0.4) is 0 Å². The predicted octanol–water partition coefficient (Wildman–Crippen LogP) is 5.44. The van der Waals surface area contributed by atoms with E-state index in [0.717, 1.165) is 15.6 Å². The minimum Gasteiger partial charge on any atom is -0.359 e. The number of carbonyl (C=O) groups is 4. The lowest BCUT2D eigenvalue weighted by Crippen LogP contribution is -2.46. The number of nitrogens with zero attached hydrogens (tertiary/aromatic N) is 2. The molecule has 3 aliphatic rings. The van der Waals surface area contributed by atoms with E-state index in [4.69, 9.17) is 0 Å². The largest absolute Gasteiger partial charge is 0.359 e. The van der Waals surface area contributed by atoms with Gasteiger partial charge in [0.15, 0.2) is 11.6 Å². The van der Waals surface area contributed by atoms with Crippen molar-refractivity contribution in [1.82, 2.24) is 4.90 Å². The number of rotatable bonds is 5. The van der Waals surface area contributed by atoms with Crippen LogP contribution in [0.4, 0.5) is 5.69 Å². The molecule has 4 unspecified atom stereocenters. The van der Waals surface area contributed by atoms with Crippen molar-refractivity contribution in [1.29, 1.82) is 0 Å². The van der Waals surface area contributed by atoms with Gasteiger partial charge in [0.05, 0.1) is 23.6 Å². The first kappa shape index (κ1) is 25.2. The van der Waals surface area contributed by atoms with Crippen LogP contribution in [0.1, 0.15) is 31.8 Å². The zero-order chi connectivity index (χ0) is 27.4. The molecule has 0 aromatic heterocycles.